The molecule has 0 saturated carbocycles. The number of rotatable bonds is 8. The predicted molar refractivity (Wildman–Crippen MR) is 112 cm³/mol. The molecular formula is C23H26N2O5. The van der Waals surface area contributed by atoms with E-state index in [1.807, 2.05) is 24.3 Å². The second-order valence-electron chi connectivity index (χ2n) is 7.51. The Labute approximate surface area is 175 Å². The standard InChI is InChI=1S/C23H26N2O5/c1-14(21(26)25-15(2)22(27)28)11-12-24-23(29)30-13-20-18-9-5-3-7-16(18)17-8-4-6-10-19(17)20/h3-10,14-15,20H,11-13H2,1-2H3,(H,24,29)(H,25,26)(H,27,28)/t14?,15-/m1/s1. The number of aliphatic carboxylic acids is 1. The van der Waals surface area contributed by atoms with Gasteiger partial charge in [0, 0.05) is 18.4 Å². The third-order valence-corrected chi connectivity index (χ3v) is 5.37. The number of carbonyl (C=O) groups is 3. The van der Waals surface area contributed by atoms with Gasteiger partial charge in [0.1, 0.15) is 12.6 Å². The van der Waals surface area contributed by atoms with Crippen LogP contribution in [-0.4, -0.2) is 42.3 Å². The maximum Gasteiger partial charge on any atom is 0.407 e. The molecule has 3 rings (SSSR count). The van der Waals surface area contributed by atoms with Gasteiger partial charge >= 0.3 is 12.1 Å². The highest BCUT2D eigenvalue weighted by Gasteiger charge is 2.29. The van der Waals surface area contributed by atoms with Crippen molar-refractivity contribution in [3.63, 3.8) is 0 Å². The normalized spacial score (nSPS) is 14.2. The summed E-state index contributed by atoms with van der Waals surface area (Å²) in [7, 11) is 0. The minimum atomic E-state index is -1.09. The van der Waals surface area contributed by atoms with E-state index in [1.165, 1.54) is 6.92 Å². The largest absolute Gasteiger partial charge is 0.480 e. The highest BCUT2D eigenvalue weighted by molar-refractivity contribution is 5.84. The first-order valence-electron chi connectivity index (χ1n) is 10.0. The Balaban J connectivity index is 1.48. The first-order chi connectivity index (χ1) is 14.4. The molecule has 0 saturated heterocycles. The van der Waals surface area contributed by atoms with Crippen LogP contribution >= 0.6 is 0 Å². The number of hydrogen-bond acceptors (Lipinski definition) is 4. The Morgan fingerprint density at radius 3 is 2.13 bits per heavy atom. The molecule has 158 valence electrons. The molecule has 1 unspecified atom stereocenters. The fourth-order valence-corrected chi connectivity index (χ4v) is 3.59. The Morgan fingerprint density at radius 1 is 1.00 bits per heavy atom. The van der Waals surface area contributed by atoms with Crippen LogP contribution in [0.4, 0.5) is 4.79 Å². The molecule has 7 nitrogen and oxygen atoms in total. The van der Waals surface area contributed by atoms with Crippen molar-refractivity contribution in [2.24, 2.45) is 5.92 Å². The van der Waals surface area contributed by atoms with E-state index >= 15 is 0 Å². The lowest BCUT2D eigenvalue weighted by Gasteiger charge is -2.16. The topological polar surface area (TPSA) is 105 Å². The van der Waals surface area contributed by atoms with Crippen LogP contribution in [0.15, 0.2) is 48.5 Å². The maximum atomic E-state index is 12.1. The van der Waals surface area contributed by atoms with Crippen LogP contribution in [0.1, 0.15) is 37.3 Å². The Morgan fingerprint density at radius 2 is 1.57 bits per heavy atom. The summed E-state index contributed by atoms with van der Waals surface area (Å²) in [4.78, 5) is 34.9. The SMILES string of the molecule is CC(CCNC(=O)OCC1c2ccccc2-c2ccccc21)C(=O)N[C@H](C)C(=O)O. The number of alkyl carbamates (subject to hydrolysis) is 1. The summed E-state index contributed by atoms with van der Waals surface area (Å²) in [5, 5.41) is 13.9. The number of carboxylic acids is 1. The van der Waals surface area contributed by atoms with E-state index < -0.39 is 24.0 Å². The van der Waals surface area contributed by atoms with E-state index in [0.717, 1.165) is 22.3 Å². The Kier molecular flexibility index (Phi) is 6.72. The van der Waals surface area contributed by atoms with Gasteiger partial charge in [-0.25, -0.2) is 4.79 Å². The molecule has 1 aliphatic rings. The maximum absolute atomic E-state index is 12.1. The molecule has 1 aliphatic carbocycles. The monoisotopic (exact) mass is 410 g/mol. The van der Waals surface area contributed by atoms with Gasteiger partial charge in [-0.15, -0.1) is 0 Å². The number of fused-ring (bicyclic) bond motifs is 3. The van der Waals surface area contributed by atoms with Crippen LogP contribution < -0.4 is 10.6 Å². The number of nitrogens with one attached hydrogen (secondary N) is 2. The number of amides is 2. The third kappa shape index (κ3) is 4.79. The van der Waals surface area contributed by atoms with Crippen LogP contribution in [0.5, 0.6) is 0 Å². The summed E-state index contributed by atoms with van der Waals surface area (Å²) < 4.78 is 5.45. The van der Waals surface area contributed by atoms with Crippen molar-refractivity contribution in [1.82, 2.24) is 10.6 Å². The van der Waals surface area contributed by atoms with Gasteiger partial charge in [0.15, 0.2) is 0 Å². The molecule has 7 heteroatoms. The molecule has 30 heavy (non-hydrogen) atoms. The van der Waals surface area contributed by atoms with Gasteiger partial charge in [0.25, 0.3) is 0 Å². The van der Waals surface area contributed by atoms with Crippen molar-refractivity contribution in [3.05, 3.63) is 59.7 Å². The molecule has 2 aromatic carbocycles. The van der Waals surface area contributed by atoms with Gasteiger partial charge < -0.3 is 20.5 Å². The van der Waals surface area contributed by atoms with Gasteiger partial charge in [-0.1, -0.05) is 55.5 Å². The van der Waals surface area contributed by atoms with Crippen molar-refractivity contribution in [2.45, 2.75) is 32.2 Å². The quantitative estimate of drug-likeness (QED) is 0.620. The van der Waals surface area contributed by atoms with E-state index in [-0.39, 0.29) is 25.0 Å². The second-order valence-corrected chi connectivity index (χ2v) is 7.51. The fourth-order valence-electron chi connectivity index (χ4n) is 3.59. The number of benzene rings is 2. The van der Waals surface area contributed by atoms with Crippen molar-refractivity contribution in [2.75, 3.05) is 13.2 Å². The highest BCUT2D eigenvalue weighted by Crippen LogP contribution is 2.44. The second kappa shape index (κ2) is 9.43. The van der Waals surface area contributed by atoms with Gasteiger partial charge in [-0.2, -0.15) is 0 Å². The van der Waals surface area contributed by atoms with Gasteiger partial charge in [-0.05, 0) is 35.6 Å². The fraction of sp³-hybridized carbons (Fsp3) is 0.348. The first kappa shape index (κ1) is 21.4. The van der Waals surface area contributed by atoms with E-state index in [9.17, 15) is 14.4 Å². The molecule has 0 radical (unpaired) electrons. The highest BCUT2D eigenvalue weighted by atomic mass is 16.5. The molecular weight excluding hydrogens is 384 g/mol. The molecule has 0 aliphatic heterocycles. The van der Waals surface area contributed by atoms with Crippen LogP contribution in [0.3, 0.4) is 0 Å². The molecule has 0 spiro atoms. The Bertz CT molecular complexity index is 897. The number of carbonyl (C=O) groups excluding carboxylic acids is 2. The van der Waals surface area contributed by atoms with E-state index in [2.05, 4.69) is 34.9 Å². The van der Waals surface area contributed by atoms with E-state index in [1.54, 1.807) is 6.92 Å². The van der Waals surface area contributed by atoms with Gasteiger partial charge in [0.05, 0.1) is 0 Å². The summed E-state index contributed by atoms with van der Waals surface area (Å²) in [5.41, 5.74) is 4.61. The molecule has 2 atom stereocenters. The Hall–Kier alpha value is -3.35. The lowest BCUT2D eigenvalue weighted by molar-refractivity contribution is -0.141. The summed E-state index contributed by atoms with van der Waals surface area (Å²) >= 11 is 0. The van der Waals surface area contributed by atoms with Crippen molar-refractivity contribution in [1.29, 1.82) is 0 Å². The number of ether oxygens (including phenoxy) is 1. The zero-order valence-corrected chi connectivity index (χ0v) is 17.1. The summed E-state index contributed by atoms with van der Waals surface area (Å²) in [5.74, 6) is -1.89. The van der Waals surface area contributed by atoms with Crippen molar-refractivity contribution >= 4 is 18.0 Å². The lowest BCUT2D eigenvalue weighted by Crippen LogP contribution is -2.41. The van der Waals surface area contributed by atoms with Gasteiger partial charge in [-0.3, -0.25) is 9.59 Å². The summed E-state index contributed by atoms with van der Waals surface area (Å²) in [6.07, 6.45) is -0.161. The molecule has 0 fully saturated rings. The minimum Gasteiger partial charge on any atom is -0.480 e. The molecule has 0 heterocycles. The van der Waals surface area contributed by atoms with Crippen LogP contribution in [0.2, 0.25) is 0 Å². The summed E-state index contributed by atoms with van der Waals surface area (Å²) in [6, 6.07) is 15.3. The van der Waals surface area contributed by atoms with Crippen LogP contribution in [-0.2, 0) is 14.3 Å². The molecule has 0 aromatic heterocycles. The number of hydrogen-bond donors (Lipinski definition) is 3. The molecule has 2 aromatic rings. The lowest BCUT2D eigenvalue weighted by atomic mass is 9.98. The van der Waals surface area contributed by atoms with E-state index in [4.69, 9.17) is 9.84 Å². The average Bonchev–Trinajstić information content (AvgIpc) is 3.05. The first-order valence-corrected chi connectivity index (χ1v) is 10.0. The molecule has 0 bridgehead atoms. The predicted octanol–water partition coefficient (Wildman–Crippen LogP) is 3.14. The summed E-state index contributed by atoms with van der Waals surface area (Å²) in [6.45, 7) is 3.57. The van der Waals surface area contributed by atoms with Gasteiger partial charge in [0.2, 0.25) is 5.91 Å². The smallest absolute Gasteiger partial charge is 0.407 e. The minimum absolute atomic E-state index is 0.00893. The zero-order valence-electron chi connectivity index (χ0n) is 17.1. The number of carboxylic acid groups (broad SMARTS) is 1. The zero-order chi connectivity index (χ0) is 21.7. The molecule has 3 N–H and O–H groups in total. The van der Waals surface area contributed by atoms with Crippen molar-refractivity contribution in [3.8, 4) is 11.1 Å². The molecule has 2 amide bonds. The van der Waals surface area contributed by atoms with E-state index in [0.29, 0.717) is 6.42 Å². The average molecular weight is 410 g/mol. The van der Waals surface area contributed by atoms with Crippen LogP contribution in [0, 0.1) is 5.92 Å². The van der Waals surface area contributed by atoms with Crippen molar-refractivity contribution < 1.29 is 24.2 Å². The third-order valence-electron chi connectivity index (χ3n) is 5.37. The van der Waals surface area contributed by atoms with Crippen LogP contribution in [0.25, 0.3) is 11.1 Å².